The van der Waals surface area contributed by atoms with E-state index in [0.717, 1.165) is 5.56 Å². The van der Waals surface area contributed by atoms with Crippen molar-refractivity contribution in [3.63, 3.8) is 0 Å². The van der Waals surface area contributed by atoms with E-state index in [0.29, 0.717) is 5.75 Å². The average Bonchev–Trinajstić information content (AvgIpc) is 2.18. The maximum atomic E-state index is 11.2. The lowest BCUT2D eigenvalue weighted by Gasteiger charge is -2.06. The van der Waals surface area contributed by atoms with Gasteiger partial charge in [-0.3, -0.25) is 4.79 Å². The van der Waals surface area contributed by atoms with Crippen molar-refractivity contribution < 1.29 is 19.1 Å². The fourth-order valence-corrected chi connectivity index (χ4v) is 1.09. The summed E-state index contributed by atoms with van der Waals surface area (Å²) in [6.07, 6.45) is 0. The van der Waals surface area contributed by atoms with Crippen LogP contribution in [0.1, 0.15) is 15.9 Å². The lowest BCUT2D eigenvalue weighted by Crippen LogP contribution is -2.06. The molecule has 0 aliphatic rings. The average molecular weight is 194 g/mol. The molecule has 0 fully saturated rings. The fourth-order valence-electron chi connectivity index (χ4n) is 1.09. The van der Waals surface area contributed by atoms with Gasteiger partial charge in [0.05, 0.1) is 7.11 Å². The molecule has 0 amide bonds. The van der Waals surface area contributed by atoms with Crippen LogP contribution in [0, 0.1) is 6.92 Å². The summed E-state index contributed by atoms with van der Waals surface area (Å²) in [5.74, 6) is -0.317. The molecule has 0 heterocycles. The number of rotatable bonds is 3. The molecular weight excluding hydrogens is 184 g/mol. The first-order valence-electron chi connectivity index (χ1n) is 3.98. The third-order valence-electron chi connectivity index (χ3n) is 1.73. The standard InChI is InChI=1S/C10H10O4/c1-7-3-4-9(13-2)8(5-7)10(12)14-6-11/h3-6H,1-2H3. The molecule has 4 nitrogen and oxygen atoms in total. The zero-order valence-corrected chi connectivity index (χ0v) is 7.94. The molecule has 1 aromatic carbocycles. The van der Waals surface area contributed by atoms with Gasteiger partial charge in [0.15, 0.2) is 0 Å². The Morgan fingerprint density at radius 3 is 2.71 bits per heavy atom. The molecule has 0 aromatic heterocycles. The van der Waals surface area contributed by atoms with Gasteiger partial charge in [0, 0.05) is 0 Å². The zero-order valence-electron chi connectivity index (χ0n) is 7.94. The van der Waals surface area contributed by atoms with Crippen LogP contribution in [0.2, 0.25) is 0 Å². The third-order valence-corrected chi connectivity index (χ3v) is 1.73. The number of aryl methyl sites for hydroxylation is 1. The highest BCUT2D eigenvalue weighted by atomic mass is 16.6. The predicted octanol–water partition coefficient (Wildman–Crippen LogP) is 1.32. The van der Waals surface area contributed by atoms with Gasteiger partial charge in [-0.05, 0) is 19.1 Å². The van der Waals surface area contributed by atoms with Gasteiger partial charge < -0.3 is 9.47 Å². The normalized spacial score (nSPS) is 9.29. The van der Waals surface area contributed by atoms with Crippen LogP contribution in [0.4, 0.5) is 0 Å². The first kappa shape index (κ1) is 10.2. The highest BCUT2D eigenvalue weighted by molar-refractivity contribution is 5.95. The Kier molecular flexibility index (Phi) is 3.23. The minimum absolute atomic E-state index is 0.101. The Hall–Kier alpha value is -1.84. The summed E-state index contributed by atoms with van der Waals surface area (Å²) in [6.45, 7) is 1.93. The van der Waals surface area contributed by atoms with Gasteiger partial charge in [0.1, 0.15) is 11.3 Å². The Labute approximate surface area is 81.4 Å². The molecule has 0 aliphatic carbocycles. The third kappa shape index (κ3) is 2.10. The summed E-state index contributed by atoms with van der Waals surface area (Å²) in [7, 11) is 1.45. The van der Waals surface area contributed by atoms with Gasteiger partial charge in [-0.2, -0.15) is 0 Å². The van der Waals surface area contributed by atoms with Gasteiger partial charge in [0.25, 0.3) is 0 Å². The van der Waals surface area contributed by atoms with Crippen molar-refractivity contribution in [2.45, 2.75) is 6.92 Å². The molecule has 1 aromatic rings. The molecule has 0 aliphatic heterocycles. The first-order chi connectivity index (χ1) is 6.69. The second-order valence-corrected chi connectivity index (χ2v) is 2.71. The van der Waals surface area contributed by atoms with Gasteiger partial charge in [-0.15, -0.1) is 0 Å². The molecule has 4 heteroatoms. The molecule has 0 bridgehead atoms. The molecule has 0 spiro atoms. The van der Waals surface area contributed by atoms with Gasteiger partial charge in [-0.1, -0.05) is 11.6 Å². The molecule has 74 valence electrons. The largest absolute Gasteiger partial charge is 0.496 e. The summed E-state index contributed by atoms with van der Waals surface area (Å²) in [5.41, 5.74) is 1.14. The van der Waals surface area contributed by atoms with Crippen LogP contribution >= 0.6 is 0 Å². The van der Waals surface area contributed by atoms with E-state index in [1.807, 2.05) is 6.92 Å². The van der Waals surface area contributed by atoms with Crippen molar-refractivity contribution in [1.82, 2.24) is 0 Å². The van der Waals surface area contributed by atoms with E-state index in [1.54, 1.807) is 18.2 Å². The Morgan fingerprint density at radius 1 is 1.43 bits per heavy atom. The minimum Gasteiger partial charge on any atom is -0.496 e. The van der Waals surface area contributed by atoms with Crippen molar-refractivity contribution in [2.75, 3.05) is 7.11 Å². The highest BCUT2D eigenvalue weighted by Gasteiger charge is 2.13. The maximum absolute atomic E-state index is 11.2. The lowest BCUT2D eigenvalue weighted by molar-refractivity contribution is -0.123. The van der Waals surface area contributed by atoms with Crippen LogP contribution in [-0.4, -0.2) is 19.6 Å². The second-order valence-electron chi connectivity index (χ2n) is 2.71. The lowest BCUT2D eigenvalue weighted by atomic mass is 10.1. The maximum Gasteiger partial charge on any atom is 0.349 e. The Balaban J connectivity index is 3.09. The van der Waals surface area contributed by atoms with E-state index in [2.05, 4.69) is 4.74 Å². The van der Waals surface area contributed by atoms with E-state index in [4.69, 9.17) is 4.74 Å². The zero-order chi connectivity index (χ0) is 10.6. The number of carbonyl (C=O) groups is 2. The number of esters is 1. The summed E-state index contributed by atoms with van der Waals surface area (Å²) in [6, 6.07) is 5.05. The summed E-state index contributed by atoms with van der Waals surface area (Å²) < 4.78 is 9.18. The van der Waals surface area contributed by atoms with Crippen LogP contribution in [0.3, 0.4) is 0 Å². The van der Waals surface area contributed by atoms with Gasteiger partial charge in [-0.25, -0.2) is 4.79 Å². The number of benzene rings is 1. The number of ether oxygens (including phenoxy) is 2. The molecule has 14 heavy (non-hydrogen) atoms. The van der Waals surface area contributed by atoms with E-state index in [-0.39, 0.29) is 12.0 Å². The van der Waals surface area contributed by atoms with Crippen molar-refractivity contribution in [2.24, 2.45) is 0 Å². The number of methoxy groups -OCH3 is 1. The molecule has 0 atom stereocenters. The minimum atomic E-state index is -0.708. The predicted molar refractivity (Wildman–Crippen MR) is 49.2 cm³/mol. The number of hydrogen-bond acceptors (Lipinski definition) is 4. The Bertz CT molecular complexity index is 357. The quantitative estimate of drug-likeness (QED) is 0.413. The molecule has 0 saturated carbocycles. The smallest absolute Gasteiger partial charge is 0.349 e. The summed E-state index contributed by atoms with van der Waals surface area (Å²) >= 11 is 0. The summed E-state index contributed by atoms with van der Waals surface area (Å²) in [4.78, 5) is 21.2. The van der Waals surface area contributed by atoms with Crippen molar-refractivity contribution in [3.8, 4) is 5.75 Å². The van der Waals surface area contributed by atoms with Crippen molar-refractivity contribution >= 4 is 12.4 Å². The second kappa shape index (κ2) is 4.41. The van der Waals surface area contributed by atoms with Crippen molar-refractivity contribution in [1.29, 1.82) is 0 Å². The molecular formula is C10H10O4. The van der Waals surface area contributed by atoms with Crippen molar-refractivity contribution in [3.05, 3.63) is 29.3 Å². The molecule has 0 N–H and O–H groups in total. The van der Waals surface area contributed by atoms with Crippen LogP contribution in [0.25, 0.3) is 0 Å². The van der Waals surface area contributed by atoms with Gasteiger partial charge in [0.2, 0.25) is 0 Å². The van der Waals surface area contributed by atoms with Crippen LogP contribution in [-0.2, 0) is 9.53 Å². The fraction of sp³-hybridized carbons (Fsp3) is 0.200. The van der Waals surface area contributed by atoms with Crippen LogP contribution in [0.15, 0.2) is 18.2 Å². The molecule has 0 unspecified atom stereocenters. The monoisotopic (exact) mass is 194 g/mol. The number of hydrogen-bond donors (Lipinski definition) is 0. The first-order valence-corrected chi connectivity index (χ1v) is 3.98. The van der Waals surface area contributed by atoms with Crippen LogP contribution in [0.5, 0.6) is 5.75 Å². The van der Waals surface area contributed by atoms with E-state index >= 15 is 0 Å². The Morgan fingerprint density at radius 2 is 2.14 bits per heavy atom. The van der Waals surface area contributed by atoms with E-state index in [1.165, 1.54) is 7.11 Å². The molecule has 1 rings (SSSR count). The van der Waals surface area contributed by atoms with E-state index < -0.39 is 5.97 Å². The topological polar surface area (TPSA) is 52.6 Å². The number of carbonyl (C=O) groups excluding carboxylic acids is 2. The van der Waals surface area contributed by atoms with Gasteiger partial charge >= 0.3 is 12.4 Å². The molecule has 0 saturated heterocycles. The molecule has 0 radical (unpaired) electrons. The SMILES string of the molecule is COc1ccc(C)cc1C(=O)OC=O. The highest BCUT2D eigenvalue weighted by Crippen LogP contribution is 2.20. The van der Waals surface area contributed by atoms with E-state index in [9.17, 15) is 9.59 Å². The van der Waals surface area contributed by atoms with Crippen LogP contribution < -0.4 is 4.74 Å². The summed E-state index contributed by atoms with van der Waals surface area (Å²) in [5, 5.41) is 0.